The van der Waals surface area contributed by atoms with Crippen molar-refractivity contribution < 1.29 is 24.5 Å². The summed E-state index contributed by atoms with van der Waals surface area (Å²) in [5.41, 5.74) is -0.0100. The number of ether oxygens (including phenoxy) is 1. The summed E-state index contributed by atoms with van der Waals surface area (Å²) >= 11 is 0. The molecule has 0 bridgehead atoms. The molecule has 0 aliphatic rings. The lowest BCUT2D eigenvalue weighted by Gasteiger charge is -2.35. The van der Waals surface area contributed by atoms with Crippen molar-refractivity contribution in [3.05, 3.63) is 66.2 Å². The number of benzene rings is 2. The Bertz CT molecular complexity index is 730. The van der Waals surface area contributed by atoms with Crippen LogP contribution in [0.4, 0.5) is 0 Å². The van der Waals surface area contributed by atoms with Crippen LogP contribution in [0.2, 0.25) is 0 Å². The molecule has 2 aromatic carbocycles. The molecule has 0 radical (unpaired) electrons. The fourth-order valence-corrected chi connectivity index (χ4v) is 2.67. The normalized spacial score (nSPS) is 14.6. The molecule has 0 spiro atoms. The molecule has 0 aromatic heterocycles. The van der Waals surface area contributed by atoms with Gasteiger partial charge in [0, 0.05) is 11.0 Å². The second-order valence-corrected chi connectivity index (χ2v) is 7.36. The highest BCUT2D eigenvalue weighted by molar-refractivity contribution is 6.41. The van der Waals surface area contributed by atoms with Crippen molar-refractivity contribution in [1.29, 1.82) is 0 Å². The highest BCUT2D eigenvalue weighted by Crippen LogP contribution is 2.32. The quantitative estimate of drug-likeness (QED) is 0.297. The van der Waals surface area contributed by atoms with Crippen LogP contribution >= 0.6 is 0 Å². The lowest BCUT2D eigenvalue weighted by Crippen LogP contribution is -2.39. The van der Waals surface area contributed by atoms with Crippen LogP contribution < -0.4 is 4.74 Å². The predicted octanol–water partition coefficient (Wildman–Crippen LogP) is 4.42. The van der Waals surface area contributed by atoms with E-state index in [1.165, 1.54) is 0 Å². The number of esters is 1. The van der Waals surface area contributed by atoms with Crippen molar-refractivity contribution in [2.75, 3.05) is 0 Å². The van der Waals surface area contributed by atoms with Crippen molar-refractivity contribution in [3.8, 4) is 5.75 Å². The van der Waals surface area contributed by atoms with E-state index in [9.17, 15) is 19.8 Å². The lowest BCUT2D eigenvalue weighted by molar-refractivity contribution is -0.129. The number of Topliss-reactive ketones (excluding diaryl/α,β-unsaturated/α-hetero) is 1. The van der Waals surface area contributed by atoms with Crippen LogP contribution in [0.15, 0.2) is 60.7 Å². The number of aliphatic hydroxyl groups excluding tert-OH is 2. The minimum Gasteiger partial charge on any atom is -0.421 e. The second kappa shape index (κ2) is 12.1. The highest BCUT2D eigenvalue weighted by Gasteiger charge is 2.34. The molecule has 2 N–H and O–H groups in total. The number of hydrogen-bond acceptors (Lipinski definition) is 5. The largest absolute Gasteiger partial charge is 0.421 e. The van der Waals surface area contributed by atoms with Gasteiger partial charge < -0.3 is 14.9 Å². The van der Waals surface area contributed by atoms with Gasteiger partial charge in [0.15, 0.2) is 0 Å². The zero-order valence-corrected chi connectivity index (χ0v) is 17.7. The average Bonchev–Trinajstić information content (AvgIpc) is 2.73. The topological polar surface area (TPSA) is 83.8 Å². The molecule has 29 heavy (non-hydrogen) atoms. The molecule has 0 heterocycles. The number of hydrogen-bond donors (Lipinski definition) is 2. The first-order chi connectivity index (χ1) is 13.7. The van der Waals surface area contributed by atoms with Gasteiger partial charge in [-0.15, -0.1) is 0 Å². The van der Waals surface area contributed by atoms with E-state index in [0.717, 1.165) is 19.3 Å². The Labute approximate surface area is 173 Å². The number of unbranched alkanes of at least 4 members (excludes halogenated alkanes) is 1. The molecule has 0 fully saturated rings. The number of aliphatic hydroxyl groups is 2. The third-order valence-electron chi connectivity index (χ3n) is 5.15. The van der Waals surface area contributed by atoms with Gasteiger partial charge in [-0.3, -0.25) is 4.79 Å². The second-order valence-electron chi connectivity index (χ2n) is 7.36. The van der Waals surface area contributed by atoms with E-state index in [2.05, 4.69) is 6.92 Å². The summed E-state index contributed by atoms with van der Waals surface area (Å²) in [7, 11) is 0. The molecular formula is C24H32O5. The zero-order chi connectivity index (χ0) is 21.9. The molecule has 2 rings (SSSR count). The van der Waals surface area contributed by atoms with Gasteiger partial charge in [-0.2, -0.15) is 0 Å². The zero-order valence-electron chi connectivity index (χ0n) is 17.7. The molecule has 0 amide bonds. The number of carbonyl (C=O) groups excluding carboxylic acids is 2. The monoisotopic (exact) mass is 400 g/mol. The Morgan fingerprint density at radius 3 is 1.86 bits per heavy atom. The van der Waals surface area contributed by atoms with E-state index in [-0.39, 0.29) is 5.41 Å². The Morgan fingerprint density at radius 2 is 1.41 bits per heavy atom. The Kier molecular flexibility index (Phi) is 10.3. The Balaban J connectivity index is 0.000000311. The Hall–Kier alpha value is -2.50. The standard InChI is InChI=1S/C14H10O3.C10H22O2/c15-13(11-7-3-1-4-8-11)14(16)17-12-9-5-2-6-10-12;1-5-6-7-10(4,8(2)11)9(3)12/h1-10H;8-9,11-12H,5-7H2,1-4H3. The van der Waals surface area contributed by atoms with Gasteiger partial charge >= 0.3 is 5.97 Å². The third-order valence-corrected chi connectivity index (χ3v) is 5.15. The average molecular weight is 401 g/mol. The molecule has 5 nitrogen and oxygen atoms in total. The first kappa shape index (κ1) is 24.5. The number of carbonyl (C=O) groups is 2. The van der Waals surface area contributed by atoms with Gasteiger partial charge in [0.1, 0.15) is 5.75 Å². The van der Waals surface area contributed by atoms with Crippen LogP contribution in [0, 0.1) is 5.41 Å². The first-order valence-corrected chi connectivity index (χ1v) is 9.95. The fraction of sp³-hybridized carbons (Fsp3) is 0.417. The van der Waals surface area contributed by atoms with Crippen molar-refractivity contribution in [2.45, 2.75) is 59.2 Å². The number of ketones is 1. The molecule has 158 valence electrons. The maximum absolute atomic E-state index is 11.7. The summed E-state index contributed by atoms with van der Waals surface area (Å²) in [6.07, 6.45) is 2.17. The van der Waals surface area contributed by atoms with Crippen molar-refractivity contribution >= 4 is 11.8 Å². The van der Waals surface area contributed by atoms with E-state index < -0.39 is 24.0 Å². The lowest BCUT2D eigenvalue weighted by atomic mass is 9.76. The number of para-hydroxylation sites is 1. The van der Waals surface area contributed by atoms with Crippen molar-refractivity contribution in [1.82, 2.24) is 0 Å². The Morgan fingerprint density at radius 1 is 0.931 bits per heavy atom. The van der Waals surface area contributed by atoms with Crippen LogP contribution in [-0.2, 0) is 4.79 Å². The van der Waals surface area contributed by atoms with Crippen LogP contribution in [0.5, 0.6) is 5.75 Å². The molecule has 0 saturated heterocycles. The smallest absolute Gasteiger partial charge is 0.385 e. The van der Waals surface area contributed by atoms with E-state index >= 15 is 0 Å². The minimum atomic E-state index is -0.873. The molecule has 0 saturated carbocycles. The predicted molar refractivity (Wildman–Crippen MR) is 114 cm³/mol. The fourth-order valence-electron chi connectivity index (χ4n) is 2.67. The van der Waals surface area contributed by atoms with Crippen LogP contribution in [-0.4, -0.2) is 34.2 Å². The van der Waals surface area contributed by atoms with E-state index in [4.69, 9.17) is 4.74 Å². The van der Waals surface area contributed by atoms with Gasteiger partial charge in [-0.25, -0.2) is 4.79 Å². The molecular weight excluding hydrogens is 368 g/mol. The van der Waals surface area contributed by atoms with Crippen LogP contribution in [0.25, 0.3) is 0 Å². The maximum atomic E-state index is 11.7. The summed E-state index contributed by atoms with van der Waals surface area (Å²) in [6, 6.07) is 16.8. The van der Waals surface area contributed by atoms with Crippen molar-refractivity contribution in [3.63, 3.8) is 0 Å². The van der Waals surface area contributed by atoms with Gasteiger partial charge in [0.2, 0.25) is 0 Å². The molecule has 2 atom stereocenters. The van der Waals surface area contributed by atoms with Gasteiger partial charge in [-0.1, -0.05) is 75.2 Å². The summed E-state index contributed by atoms with van der Waals surface area (Å²) in [5.74, 6) is -1.15. The molecule has 0 aliphatic carbocycles. The van der Waals surface area contributed by atoms with Gasteiger partial charge in [0.25, 0.3) is 5.78 Å². The minimum absolute atomic E-state index is 0.327. The highest BCUT2D eigenvalue weighted by atomic mass is 16.5. The SMILES string of the molecule is CCCCC(C)(C(C)O)C(C)O.O=C(Oc1ccccc1)C(=O)c1ccccc1. The van der Waals surface area contributed by atoms with Crippen LogP contribution in [0.3, 0.4) is 0 Å². The van der Waals surface area contributed by atoms with E-state index in [1.807, 2.05) is 6.92 Å². The summed E-state index contributed by atoms with van der Waals surface area (Å²) in [4.78, 5) is 23.2. The van der Waals surface area contributed by atoms with Crippen molar-refractivity contribution in [2.24, 2.45) is 5.41 Å². The van der Waals surface area contributed by atoms with E-state index in [1.54, 1.807) is 74.5 Å². The third kappa shape index (κ3) is 7.80. The molecule has 2 aromatic rings. The number of rotatable bonds is 8. The summed E-state index contributed by atoms with van der Waals surface area (Å²) < 4.78 is 4.94. The van der Waals surface area contributed by atoms with E-state index in [0.29, 0.717) is 11.3 Å². The van der Waals surface area contributed by atoms with Crippen LogP contribution in [0.1, 0.15) is 57.3 Å². The van der Waals surface area contributed by atoms with Gasteiger partial charge in [-0.05, 0) is 32.4 Å². The molecule has 2 unspecified atom stereocenters. The summed E-state index contributed by atoms with van der Waals surface area (Å²) in [6.45, 7) is 7.56. The maximum Gasteiger partial charge on any atom is 0.385 e. The van der Waals surface area contributed by atoms with Gasteiger partial charge in [0.05, 0.1) is 12.2 Å². The molecule has 0 aliphatic heterocycles. The first-order valence-electron chi connectivity index (χ1n) is 9.95. The summed E-state index contributed by atoms with van der Waals surface area (Å²) in [5, 5.41) is 19.0. The molecule has 5 heteroatoms.